The molecule has 1 N–H and O–H groups in total. The highest BCUT2D eigenvalue weighted by Gasteiger charge is 2.13. The third kappa shape index (κ3) is 11.0. The molecule has 0 aliphatic heterocycles. The molecule has 0 aliphatic carbocycles. The van der Waals surface area contributed by atoms with Gasteiger partial charge in [-0.3, -0.25) is 4.79 Å². The lowest BCUT2D eigenvalue weighted by atomic mass is 10.2. The van der Waals surface area contributed by atoms with Crippen molar-refractivity contribution in [3.63, 3.8) is 0 Å². The van der Waals surface area contributed by atoms with Crippen LogP contribution in [0.5, 0.6) is 11.5 Å². The predicted molar refractivity (Wildman–Crippen MR) is 108 cm³/mol. The molecule has 5 heteroatoms. The molecule has 5 nitrogen and oxygen atoms in total. The molecule has 0 saturated carbocycles. The summed E-state index contributed by atoms with van der Waals surface area (Å²) in [6.07, 6.45) is 9.70. The molecule has 0 spiro atoms. The van der Waals surface area contributed by atoms with Gasteiger partial charge in [0.15, 0.2) is 6.29 Å². The fourth-order valence-corrected chi connectivity index (χ4v) is 2.70. The predicted octanol–water partition coefficient (Wildman–Crippen LogP) is 5.15. The average molecular weight is 381 g/mol. The van der Waals surface area contributed by atoms with Crippen LogP contribution in [0.3, 0.4) is 0 Å². The summed E-state index contributed by atoms with van der Waals surface area (Å²) in [7, 11) is 0. The number of phenols is 1. The molecular formula is C22H36O5. The maximum Gasteiger partial charge on any atom is 0.153 e. The Balaban J connectivity index is 2.45. The number of phenolic OH excluding ortho intramolecular Hbond substituents is 1. The quantitative estimate of drug-likeness (QED) is 0.299. The van der Waals surface area contributed by atoms with Crippen LogP contribution in [0.1, 0.15) is 75.6 Å². The molecule has 154 valence electrons. The Bertz CT molecular complexity index is 487. The normalized spacial score (nSPS) is 11.1. The lowest BCUT2D eigenvalue weighted by Gasteiger charge is -2.20. The molecule has 0 unspecified atom stereocenters. The summed E-state index contributed by atoms with van der Waals surface area (Å²) in [4.78, 5) is 10.8. The monoisotopic (exact) mass is 380 g/mol. The number of hydrogen-bond acceptors (Lipinski definition) is 5. The molecule has 1 aromatic rings. The zero-order chi connectivity index (χ0) is 19.7. The Morgan fingerprint density at radius 2 is 1.52 bits per heavy atom. The van der Waals surface area contributed by atoms with E-state index in [4.69, 9.17) is 14.2 Å². The minimum Gasteiger partial charge on any atom is -0.507 e. The largest absolute Gasteiger partial charge is 0.507 e. The Hall–Kier alpha value is -1.59. The zero-order valence-corrected chi connectivity index (χ0v) is 17.0. The number of rotatable bonds is 17. The van der Waals surface area contributed by atoms with E-state index in [2.05, 4.69) is 13.8 Å². The molecule has 1 aromatic carbocycles. The molecule has 0 heterocycles. The number of carbonyl (C=O) groups excluding carboxylic acids is 1. The van der Waals surface area contributed by atoms with E-state index in [-0.39, 0.29) is 17.4 Å². The van der Waals surface area contributed by atoms with E-state index < -0.39 is 0 Å². The first-order valence-corrected chi connectivity index (χ1v) is 10.3. The highest BCUT2D eigenvalue weighted by molar-refractivity contribution is 5.79. The van der Waals surface area contributed by atoms with E-state index in [1.807, 2.05) is 0 Å². The Morgan fingerprint density at radius 3 is 2.00 bits per heavy atom. The van der Waals surface area contributed by atoms with Crippen LogP contribution in [0.25, 0.3) is 0 Å². The van der Waals surface area contributed by atoms with E-state index >= 15 is 0 Å². The van der Waals surface area contributed by atoms with Gasteiger partial charge in [0.25, 0.3) is 0 Å². The van der Waals surface area contributed by atoms with Crippen LogP contribution < -0.4 is 4.74 Å². The molecule has 0 bridgehead atoms. The van der Waals surface area contributed by atoms with Gasteiger partial charge < -0.3 is 19.3 Å². The van der Waals surface area contributed by atoms with Crippen LogP contribution in [0, 0.1) is 0 Å². The number of aromatic hydroxyl groups is 1. The summed E-state index contributed by atoms with van der Waals surface area (Å²) in [5.74, 6) is 0.425. The van der Waals surface area contributed by atoms with Crippen molar-refractivity contribution in [2.45, 2.75) is 71.3 Å². The van der Waals surface area contributed by atoms with Crippen LogP contribution in [0.2, 0.25) is 0 Å². The first-order chi connectivity index (χ1) is 13.2. The number of hydrogen-bond donors (Lipinski definition) is 1. The molecule has 0 fully saturated rings. The summed E-state index contributed by atoms with van der Waals surface area (Å²) in [6, 6.07) is 4.68. The van der Waals surface area contributed by atoms with Gasteiger partial charge in [-0.1, -0.05) is 52.4 Å². The lowest BCUT2D eigenvalue weighted by Crippen LogP contribution is -2.29. The molecule has 0 atom stereocenters. The van der Waals surface area contributed by atoms with E-state index in [1.165, 1.54) is 44.6 Å². The summed E-state index contributed by atoms with van der Waals surface area (Å²) < 4.78 is 17.4. The second kappa shape index (κ2) is 15.5. The summed E-state index contributed by atoms with van der Waals surface area (Å²) in [5, 5.41) is 9.82. The van der Waals surface area contributed by atoms with Crippen molar-refractivity contribution in [2.75, 3.05) is 26.4 Å². The van der Waals surface area contributed by atoms with Crippen molar-refractivity contribution >= 4 is 6.29 Å². The van der Waals surface area contributed by atoms with Crippen LogP contribution in [0.4, 0.5) is 0 Å². The van der Waals surface area contributed by atoms with Gasteiger partial charge in [0, 0.05) is 19.3 Å². The van der Waals surface area contributed by atoms with Gasteiger partial charge in [0.1, 0.15) is 17.6 Å². The number of aldehydes is 1. The first-order valence-electron chi connectivity index (χ1n) is 10.3. The molecular weight excluding hydrogens is 344 g/mol. The Kier molecular flexibility index (Phi) is 13.4. The van der Waals surface area contributed by atoms with Crippen molar-refractivity contribution in [3.8, 4) is 11.5 Å². The van der Waals surface area contributed by atoms with Gasteiger partial charge in [0.05, 0.1) is 18.8 Å². The van der Waals surface area contributed by atoms with Crippen molar-refractivity contribution < 1.29 is 24.1 Å². The Labute approximate surface area is 164 Å². The van der Waals surface area contributed by atoms with E-state index in [0.717, 1.165) is 12.8 Å². The number of unbranched alkanes of at least 4 members (excludes halogenated alkanes) is 6. The van der Waals surface area contributed by atoms with Gasteiger partial charge in [0.2, 0.25) is 0 Å². The van der Waals surface area contributed by atoms with Crippen LogP contribution >= 0.6 is 0 Å². The van der Waals surface area contributed by atoms with Gasteiger partial charge in [-0.2, -0.15) is 0 Å². The van der Waals surface area contributed by atoms with Gasteiger partial charge in [-0.25, -0.2) is 0 Å². The molecule has 27 heavy (non-hydrogen) atoms. The number of benzene rings is 1. The van der Waals surface area contributed by atoms with Crippen molar-refractivity contribution in [1.29, 1.82) is 0 Å². The topological polar surface area (TPSA) is 65.0 Å². The highest BCUT2D eigenvalue weighted by Crippen LogP contribution is 2.23. The third-order valence-corrected chi connectivity index (χ3v) is 4.32. The molecule has 0 aliphatic rings. The second-order valence-electron chi connectivity index (χ2n) is 6.85. The fourth-order valence-electron chi connectivity index (χ4n) is 2.70. The van der Waals surface area contributed by atoms with Crippen molar-refractivity contribution in [1.82, 2.24) is 0 Å². The minimum atomic E-state index is -0.246. The minimum absolute atomic E-state index is 0.0813. The van der Waals surface area contributed by atoms with Gasteiger partial charge in [-0.15, -0.1) is 0 Å². The zero-order valence-electron chi connectivity index (χ0n) is 17.0. The highest BCUT2D eigenvalue weighted by atomic mass is 16.6. The average Bonchev–Trinajstić information content (AvgIpc) is 2.67. The summed E-state index contributed by atoms with van der Waals surface area (Å²) in [6.45, 7) is 6.69. The van der Waals surface area contributed by atoms with E-state index in [1.54, 1.807) is 12.1 Å². The van der Waals surface area contributed by atoms with Gasteiger partial charge >= 0.3 is 0 Å². The number of ether oxygens (including phenoxy) is 3. The second-order valence-corrected chi connectivity index (χ2v) is 6.85. The molecule has 0 saturated heterocycles. The summed E-state index contributed by atoms with van der Waals surface area (Å²) in [5.41, 5.74) is 0.248. The third-order valence-electron chi connectivity index (χ3n) is 4.32. The molecule has 0 aromatic heterocycles. The maximum absolute atomic E-state index is 10.8. The van der Waals surface area contributed by atoms with Crippen molar-refractivity contribution in [3.05, 3.63) is 23.8 Å². The van der Waals surface area contributed by atoms with Crippen LogP contribution in [0.15, 0.2) is 18.2 Å². The molecule has 0 amide bonds. The van der Waals surface area contributed by atoms with E-state index in [0.29, 0.717) is 38.5 Å². The van der Waals surface area contributed by atoms with Crippen molar-refractivity contribution in [2.24, 2.45) is 0 Å². The van der Waals surface area contributed by atoms with Crippen LogP contribution in [-0.2, 0) is 9.47 Å². The fraction of sp³-hybridized carbons (Fsp3) is 0.682. The first kappa shape index (κ1) is 23.4. The standard InChI is InChI=1S/C22H36O5/c1-3-5-7-9-13-25-17-21(18-26-14-10-8-6-4-2)27-20-12-11-19(16-23)22(24)15-20/h11-12,15-16,21,24H,3-10,13-14,17-18H2,1-2H3. The van der Waals surface area contributed by atoms with Crippen LogP contribution in [-0.4, -0.2) is 43.9 Å². The SMILES string of the molecule is CCCCCCOCC(COCCCCCC)Oc1ccc(C=O)c(O)c1. The lowest BCUT2D eigenvalue weighted by molar-refractivity contribution is -0.00785. The Morgan fingerprint density at radius 1 is 0.926 bits per heavy atom. The molecule has 1 rings (SSSR count). The summed E-state index contributed by atoms with van der Waals surface area (Å²) >= 11 is 0. The maximum atomic E-state index is 10.8. The smallest absolute Gasteiger partial charge is 0.153 e. The number of carbonyl (C=O) groups is 1. The molecule has 0 radical (unpaired) electrons. The van der Waals surface area contributed by atoms with E-state index in [9.17, 15) is 9.90 Å². The van der Waals surface area contributed by atoms with Gasteiger partial charge in [-0.05, 0) is 25.0 Å².